The van der Waals surface area contributed by atoms with Gasteiger partial charge in [-0.25, -0.2) is 0 Å². The van der Waals surface area contributed by atoms with Crippen LogP contribution in [0.2, 0.25) is 10.0 Å². The van der Waals surface area contributed by atoms with Crippen LogP contribution in [-0.2, 0) is 22.6 Å². The Labute approximate surface area is 176 Å². The largest absolute Gasteiger partial charge is 0.355 e. The molecule has 0 aliphatic heterocycles. The first-order valence-corrected chi connectivity index (χ1v) is 10.1. The van der Waals surface area contributed by atoms with E-state index in [1.807, 2.05) is 45.0 Å². The van der Waals surface area contributed by atoms with Crippen molar-refractivity contribution in [2.45, 2.75) is 46.7 Å². The van der Waals surface area contributed by atoms with Crippen molar-refractivity contribution in [3.05, 3.63) is 68.7 Å². The Morgan fingerprint density at radius 1 is 1.00 bits per heavy atom. The number of hydrogen-bond donors (Lipinski definition) is 1. The second kappa shape index (κ2) is 9.94. The third kappa shape index (κ3) is 5.73. The number of aryl methyl sites for hydroxylation is 2. The van der Waals surface area contributed by atoms with E-state index in [4.69, 9.17) is 23.2 Å². The number of rotatable bonds is 7. The molecule has 0 radical (unpaired) electrons. The molecule has 2 rings (SSSR count). The van der Waals surface area contributed by atoms with Gasteiger partial charge in [0, 0.05) is 13.1 Å². The Hall–Kier alpha value is -2.04. The second-order valence-corrected chi connectivity index (χ2v) is 7.75. The van der Waals surface area contributed by atoms with E-state index < -0.39 is 6.04 Å². The molecular weight excluding hydrogens is 395 g/mol. The number of likely N-dealkylation sites (N-methyl/N-ethyl adjacent to an activating group) is 1. The molecule has 28 heavy (non-hydrogen) atoms. The number of halogens is 2. The van der Waals surface area contributed by atoms with Crippen molar-refractivity contribution in [3.8, 4) is 0 Å². The van der Waals surface area contributed by atoms with Crippen molar-refractivity contribution in [2.75, 3.05) is 6.54 Å². The molecule has 2 aromatic carbocycles. The van der Waals surface area contributed by atoms with E-state index >= 15 is 0 Å². The summed E-state index contributed by atoms with van der Waals surface area (Å²) in [6.45, 7) is 8.43. The second-order valence-electron chi connectivity index (χ2n) is 6.94. The lowest BCUT2D eigenvalue weighted by Gasteiger charge is -2.29. The summed E-state index contributed by atoms with van der Waals surface area (Å²) in [6.07, 6.45) is 0.228. The smallest absolute Gasteiger partial charge is 0.242 e. The molecule has 0 spiro atoms. The van der Waals surface area contributed by atoms with Gasteiger partial charge < -0.3 is 10.2 Å². The molecule has 1 atom stereocenters. The summed E-state index contributed by atoms with van der Waals surface area (Å²) in [6, 6.07) is 10.6. The molecule has 0 bridgehead atoms. The summed E-state index contributed by atoms with van der Waals surface area (Å²) in [5.74, 6) is -0.302. The first-order valence-electron chi connectivity index (χ1n) is 9.30. The van der Waals surface area contributed by atoms with E-state index in [9.17, 15) is 9.59 Å². The maximum absolute atomic E-state index is 13.1. The lowest BCUT2D eigenvalue weighted by Crippen LogP contribution is -2.48. The topological polar surface area (TPSA) is 49.4 Å². The fourth-order valence-electron chi connectivity index (χ4n) is 2.93. The summed E-state index contributed by atoms with van der Waals surface area (Å²) in [5, 5.41) is 3.66. The van der Waals surface area contributed by atoms with Crippen molar-refractivity contribution in [1.82, 2.24) is 10.2 Å². The molecular formula is C22H26Cl2N2O2. The zero-order valence-corrected chi connectivity index (χ0v) is 18.2. The molecule has 4 nitrogen and oxygen atoms in total. The Bertz CT molecular complexity index is 868. The Morgan fingerprint density at radius 3 is 2.29 bits per heavy atom. The molecule has 0 aliphatic carbocycles. The summed E-state index contributed by atoms with van der Waals surface area (Å²) in [5.41, 5.74) is 4.06. The van der Waals surface area contributed by atoms with Crippen molar-refractivity contribution in [3.63, 3.8) is 0 Å². The number of nitrogens with one attached hydrogen (secondary N) is 1. The molecule has 0 heterocycles. The molecule has 0 aromatic heterocycles. The van der Waals surface area contributed by atoms with Crippen LogP contribution in [0.4, 0.5) is 0 Å². The van der Waals surface area contributed by atoms with Crippen LogP contribution >= 0.6 is 23.2 Å². The number of amides is 2. The SMILES string of the molecule is CCNC(=O)C(C)N(Cc1ccc(Cl)c(Cl)c1)C(=O)Cc1ccc(C)c(C)c1. The van der Waals surface area contributed by atoms with Crippen LogP contribution < -0.4 is 5.32 Å². The van der Waals surface area contributed by atoms with E-state index in [2.05, 4.69) is 5.32 Å². The van der Waals surface area contributed by atoms with Crippen molar-refractivity contribution in [1.29, 1.82) is 0 Å². The van der Waals surface area contributed by atoms with Crippen LogP contribution in [0.15, 0.2) is 36.4 Å². The minimum atomic E-state index is -0.603. The van der Waals surface area contributed by atoms with Crippen LogP contribution in [0.5, 0.6) is 0 Å². The van der Waals surface area contributed by atoms with Gasteiger partial charge in [0.05, 0.1) is 16.5 Å². The zero-order valence-electron chi connectivity index (χ0n) is 16.7. The monoisotopic (exact) mass is 420 g/mol. The van der Waals surface area contributed by atoms with Gasteiger partial charge >= 0.3 is 0 Å². The normalized spacial score (nSPS) is 11.8. The van der Waals surface area contributed by atoms with Crippen molar-refractivity contribution < 1.29 is 9.59 Å². The van der Waals surface area contributed by atoms with Gasteiger partial charge in [-0.2, -0.15) is 0 Å². The standard InChI is InChI=1S/C22H26Cl2N2O2/c1-5-25-22(28)16(4)26(13-18-8-9-19(23)20(24)11-18)21(27)12-17-7-6-14(2)15(3)10-17/h6-11,16H,5,12-13H2,1-4H3,(H,25,28). The lowest BCUT2D eigenvalue weighted by molar-refractivity contribution is -0.140. The van der Waals surface area contributed by atoms with Crippen molar-refractivity contribution in [2.24, 2.45) is 0 Å². The van der Waals surface area contributed by atoms with Gasteiger partial charge in [0.15, 0.2) is 0 Å². The molecule has 2 amide bonds. The predicted molar refractivity (Wildman–Crippen MR) is 115 cm³/mol. The third-order valence-electron chi connectivity index (χ3n) is 4.78. The summed E-state index contributed by atoms with van der Waals surface area (Å²) >= 11 is 12.1. The highest BCUT2D eigenvalue weighted by molar-refractivity contribution is 6.42. The number of nitrogens with zero attached hydrogens (tertiary/aromatic N) is 1. The average molecular weight is 421 g/mol. The van der Waals surface area contributed by atoms with Crippen LogP contribution in [0.25, 0.3) is 0 Å². The zero-order chi connectivity index (χ0) is 20.8. The molecule has 1 unspecified atom stereocenters. The van der Waals surface area contributed by atoms with Crippen LogP contribution in [0.1, 0.15) is 36.1 Å². The Balaban J connectivity index is 2.27. The van der Waals surface area contributed by atoms with Gasteiger partial charge in [0.2, 0.25) is 11.8 Å². The first-order chi connectivity index (χ1) is 13.2. The fraction of sp³-hybridized carbons (Fsp3) is 0.364. The summed E-state index contributed by atoms with van der Waals surface area (Å²) in [7, 11) is 0. The lowest BCUT2D eigenvalue weighted by atomic mass is 10.0. The predicted octanol–water partition coefficient (Wildman–Crippen LogP) is 4.71. The molecule has 150 valence electrons. The average Bonchev–Trinajstić information content (AvgIpc) is 2.65. The van der Waals surface area contributed by atoms with E-state index in [0.29, 0.717) is 16.6 Å². The van der Waals surface area contributed by atoms with Gasteiger partial charge in [-0.05, 0) is 62.1 Å². The number of benzene rings is 2. The van der Waals surface area contributed by atoms with E-state index in [-0.39, 0.29) is 24.8 Å². The Morgan fingerprint density at radius 2 is 1.68 bits per heavy atom. The highest BCUT2D eigenvalue weighted by Crippen LogP contribution is 2.24. The number of carbonyl (C=O) groups is 2. The van der Waals surface area contributed by atoms with Crippen LogP contribution in [-0.4, -0.2) is 29.3 Å². The van der Waals surface area contributed by atoms with Gasteiger partial charge in [-0.1, -0.05) is 47.5 Å². The van der Waals surface area contributed by atoms with E-state index in [1.165, 1.54) is 5.56 Å². The first kappa shape index (κ1) is 22.3. The molecule has 0 saturated carbocycles. The summed E-state index contributed by atoms with van der Waals surface area (Å²) < 4.78 is 0. The number of hydrogen-bond acceptors (Lipinski definition) is 2. The maximum atomic E-state index is 13.1. The molecule has 2 aromatic rings. The van der Waals surface area contributed by atoms with Crippen LogP contribution in [0, 0.1) is 13.8 Å². The quantitative estimate of drug-likeness (QED) is 0.704. The van der Waals surface area contributed by atoms with Crippen LogP contribution in [0.3, 0.4) is 0 Å². The van der Waals surface area contributed by atoms with Gasteiger partial charge in [0.25, 0.3) is 0 Å². The van der Waals surface area contributed by atoms with Gasteiger partial charge in [-0.3, -0.25) is 9.59 Å². The molecule has 0 saturated heterocycles. The minimum absolute atomic E-state index is 0.118. The van der Waals surface area contributed by atoms with Gasteiger partial charge in [0.1, 0.15) is 6.04 Å². The Kier molecular flexibility index (Phi) is 7.90. The molecule has 0 fully saturated rings. The summed E-state index contributed by atoms with van der Waals surface area (Å²) in [4.78, 5) is 27.1. The molecule has 0 aliphatic rings. The third-order valence-corrected chi connectivity index (χ3v) is 5.52. The minimum Gasteiger partial charge on any atom is -0.355 e. The maximum Gasteiger partial charge on any atom is 0.242 e. The number of carbonyl (C=O) groups excluding carboxylic acids is 2. The molecule has 1 N–H and O–H groups in total. The van der Waals surface area contributed by atoms with E-state index in [1.54, 1.807) is 24.0 Å². The van der Waals surface area contributed by atoms with E-state index in [0.717, 1.165) is 16.7 Å². The highest BCUT2D eigenvalue weighted by atomic mass is 35.5. The van der Waals surface area contributed by atoms with Gasteiger partial charge in [-0.15, -0.1) is 0 Å². The highest BCUT2D eigenvalue weighted by Gasteiger charge is 2.26. The van der Waals surface area contributed by atoms with Crippen molar-refractivity contribution >= 4 is 35.0 Å². The fourth-order valence-corrected chi connectivity index (χ4v) is 3.25. The molecule has 6 heteroatoms.